The molecule has 2 saturated heterocycles. The molecule has 0 bridgehead atoms. The SMILES string of the molecule is COc1cc(CN2CCC(CCOC3CCCCO3)(c3ccc(Cl)c(Cl)c3)C2)cc(OC)c1OC. The van der Waals surface area contributed by atoms with Crippen molar-refractivity contribution in [1.82, 2.24) is 4.90 Å². The second kappa shape index (κ2) is 12.0. The Balaban J connectivity index is 1.52. The van der Waals surface area contributed by atoms with Crippen LogP contribution in [0.4, 0.5) is 0 Å². The van der Waals surface area contributed by atoms with Crippen molar-refractivity contribution in [3.05, 3.63) is 51.5 Å². The zero-order valence-corrected chi connectivity index (χ0v) is 22.3. The fourth-order valence-corrected chi connectivity index (χ4v) is 5.51. The summed E-state index contributed by atoms with van der Waals surface area (Å²) in [6.45, 7) is 4.04. The summed E-state index contributed by atoms with van der Waals surface area (Å²) in [5.41, 5.74) is 2.23. The first-order chi connectivity index (χ1) is 17.0. The van der Waals surface area contributed by atoms with Crippen LogP contribution in [-0.2, 0) is 21.4 Å². The highest BCUT2D eigenvalue weighted by molar-refractivity contribution is 6.42. The molecule has 2 fully saturated rings. The minimum absolute atomic E-state index is 0.0798. The molecule has 8 heteroatoms. The monoisotopic (exact) mass is 523 g/mol. The average molecular weight is 524 g/mol. The summed E-state index contributed by atoms with van der Waals surface area (Å²) in [6.07, 6.45) is 5.04. The molecule has 2 atom stereocenters. The Morgan fingerprint density at radius 2 is 1.77 bits per heavy atom. The van der Waals surface area contributed by atoms with Gasteiger partial charge in [0.15, 0.2) is 17.8 Å². The van der Waals surface area contributed by atoms with Crippen molar-refractivity contribution in [2.75, 3.05) is 47.6 Å². The van der Waals surface area contributed by atoms with Crippen molar-refractivity contribution in [2.45, 2.75) is 50.4 Å². The fraction of sp³-hybridized carbons (Fsp3) is 0.556. The Morgan fingerprint density at radius 3 is 2.40 bits per heavy atom. The van der Waals surface area contributed by atoms with Gasteiger partial charge in [-0.15, -0.1) is 0 Å². The summed E-state index contributed by atoms with van der Waals surface area (Å²) < 4.78 is 28.5. The van der Waals surface area contributed by atoms with Crippen molar-refractivity contribution >= 4 is 23.2 Å². The largest absolute Gasteiger partial charge is 0.493 e. The van der Waals surface area contributed by atoms with E-state index in [1.54, 1.807) is 21.3 Å². The zero-order chi connectivity index (χ0) is 24.8. The summed E-state index contributed by atoms with van der Waals surface area (Å²) in [5, 5.41) is 1.16. The zero-order valence-electron chi connectivity index (χ0n) is 20.8. The van der Waals surface area contributed by atoms with Gasteiger partial charge in [-0.3, -0.25) is 4.90 Å². The van der Waals surface area contributed by atoms with Gasteiger partial charge in [0.05, 0.1) is 38.0 Å². The summed E-state index contributed by atoms with van der Waals surface area (Å²) in [7, 11) is 4.90. The molecule has 0 amide bonds. The lowest BCUT2D eigenvalue weighted by Gasteiger charge is -2.32. The molecule has 0 aliphatic carbocycles. The van der Waals surface area contributed by atoms with Crippen LogP contribution in [0.5, 0.6) is 17.2 Å². The van der Waals surface area contributed by atoms with Gasteiger partial charge in [-0.1, -0.05) is 29.3 Å². The Morgan fingerprint density at radius 1 is 1.00 bits per heavy atom. The number of rotatable bonds is 10. The molecule has 2 unspecified atom stereocenters. The number of ether oxygens (including phenoxy) is 5. The Hall–Kier alpha value is -1.70. The van der Waals surface area contributed by atoms with E-state index in [4.69, 9.17) is 46.9 Å². The molecule has 4 rings (SSSR count). The number of nitrogens with zero attached hydrogens (tertiary/aromatic N) is 1. The van der Waals surface area contributed by atoms with E-state index < -0.39 is 0 Å². The van der Waals surface area contributed by atoms with Crippen LogP contribution in [0.15, 0.2) is 30.3 Å². The van der Waals surface area contributed by atoms with Crippen molar-refractivity contribution in [1.29, 1.82) is 0 Å². The van der Waals surface area contributed by atoms with Crippen LogP contribution in [0.25, 0.3) is 0 Å². The van der Waals surface area contributed by atoms with Crippen LogP contribution >= 0.6 is 23.2 Å². The number of benzene rings is 2. The summed E-state index contributed by atoms with van der Waals surface area (Å²) >= 11 is 12.7. The number of hydrogen-bond donors (Lipinski definition) is 0. The Labute approximate surface area is 218 Å². The first-order valence-corrected chi connectivity index (χ1v) is 12.9. The maximum Gasteiger partial charge on any atom is 0.203 e. The molecule has 192 valence electrons. The molecule has 0 aromatic heterocycles. The Bertz CT molecular complexity index is 973. The van der Waals surface area contributed by atoms with E-state index in [1.807, 2.05) is 24.3 Å². The summed E-state index contributed by atoms with van der Waals surface area (Å²) in [4.78, 5) is 2.46. The van der Waals surface area contributed by atoms with Gasteiger partial charge in [0.2, 0.25) is 5.75 Å². The molecule has 2 aliphatic rings. The quantitative estimate of drug-likeness (QED) is 0.375. The molecular weight excluding hydrogens is 489 g/mol. The molecule has 2 aliphatic heterocycles. The van der Waals surface area contributed by atoms with E-state index >= 15 is 0 Å². The maximum absolute atomic E-state index is 6.44. The van der Waals surface area contributed by atoms with Crippen molar-refractivity contribution in [2.24, 2.45) is 0 Å². The smallest absolute Gasteiger partial charge is 0.203 e. The molecule has 6 nitrogen and oxygen atoms in total. The minimum Gasteiger partial charge on any atom is -0.493 e. The van der Waals surface area contributed by atoms with E-state index in [1.165, 1.54) is 5.56 Å². The lowest BCUT2D eigenvalue weighted by atomic mass is 9.77. The lowest BCUT2D eigenvalue weighted by molar-refractivity contribution is -0.164. The van der Waals surface area contributed by atoms with Gasteiger partial charge in [0.1, 0.15) is 0 Å². The van der Waals surface area contributed by atoms with Gasteiger partial charge in [0, 0.05) is 25.1 Å². The van der Waals surface area contributed by atoms with E-state index in [-0.39, 0.29) is 11.7 Å². The van der Waals surface area contributed by atoms with Crippen LogP contribution in [0.2, 0.25) is 10.0 Å². The molecular formula is C27H35Cl2NO5. The summed E-state index contributed by atoms with van der Waals surface area (Å²) in [5.74, 6) is 1.93. The van der Waals surface area contributed by atoms with Gasteiger partial charge in [-0.05, 0) is 74.0 Å². The van der Waals surface area contributed by atoms with Crippen LogP contribution in [0.3, 0.4) is 0 Å². The maximum atomic E-state index is 6.44. The number of hydrogen-bond acceptors (Lipinski definition) is 6. The predicted octanol–water partition coefficient (Wildman–Crippen LogP) is 6.10. The Kier molecular flexibility index (Phi) is 9.06. The minimum atomic E-state index is -0.0914. The standard InChI is InChI=1S/C27H35Cl2NO5/c1-31-23-14-19(15-24(32-2)26(23)33-3)17-30-11-9-27(18-30,20-7-8-21(28)22(29)16-20)10-13-35-25-6-4-5-12-34-25/h7-8,14-16,25H,4-6,9-13,17-18H2,1-3H3. The average Bonchev–Trinajstić information content (AvgIpc) is 3.29. The number of likely N-dealkylation sites (tertiary alicyclic amines) is 1. The molecule has 0 radical (unpaired) electrons. The number of halogens is 2. The van der Waals surface area contributed by atoms with Crippen molar-refractivity contribution < 1.29 is 23.7 Å². The lowest BCUT2D eigenvalue weighted by Crippen LogP contribution is -2.33. The van der Waals surface area contributed by atoms with E-state index in [9.17, 15) is 0 Å². The van der Waals surface area contributed by atoms with Gasteiger partial charge < -0.3 is 23.7 Å². The van der Waals surface area contributed by atoms with Crippen LogP contribution < -0.4 is 14.2 Å². The van der Waals surface area contributed by atoms with Gasteiger partial charge >= 0.3 is 0 Å². The molecule has 0 N–H and O–H groups in total. The van der Waals surface area contributed by atoms with Gasteiger partial charge in [0.25, 0.3) is 0 Å². The highest BCUT2D eigenvalue weighted by atomic mass is 35.5. The highest BCUT2D eigenvalue weighted by Crippen LogP contribution is 2.42. The predicted molar refractivity (Wildman–Crippen MR) is 138 cm³/mol. The first-order valence-electron chi connectivity index (χ1n) is 12.2. The third kappa shape index (κ3) is 6.17. The van der Waals surface area contributed by atoms with E-state index in [2.05, 4.69) is 11.0 Å². The molecule has 0 saturated carbocycles. The van der Waals surface area contributed by atoms with Crippen LogP contribution in [0, 0.1) is 0 Å². The normalized spacial score (nSPS) is 22.8. The first kappa shape index (κ1) is 26.4. The van der Waals surface area contributed by atoms with Crippen LogP contribution in [-0.4, -0.2) is 58.8 Å². The second-order valence-electron chi connectivity index (χ2n) is 9.32. The molecule has 35 heavy (non-hydrogen) atoms. The van der Waals surface area contributed by atoms with Crippen molar-refractivity contribution in [3.8, 4) is 17.2 Å². The second-order valence-corrected chi connectivity index (χ2v) is 10.1. The van der Waals surface area contributed by atoms with Crippen LogP contribution in [0.1, 0.15) is 43.2 Å². The van der Waals surface area contributed by atoms with E-state index in [0.29, 0.717) is 33.9 Å². The number of methoxy groups -OCH3 is 3. The topological polar surface area (TPSA) is 49.4 Å². The molecule has 2 heterocycles. The molecule has 0 spiro atoms. The van der Waals surface area contributed by atoms with Crippen molar-refractivity contribution in [3.63, 3.8) is 0 Å². The highest BCUT2D eigenvalue weighted by Gasteiger charge is 2.40. The van der Waals surface area contributed by atoms with Gasteiger partial charge in [-0.2, -0.15) is 0 Å². The molecule has 2 aromatic rings. The van der Waals surface area contributed by atoms with Gasteiger partial charge in [-0.25, -0.2) is 0 Å². The summed E-state index contributed by atoms with van der Waals surface area (Å²) in [6, 6.07) is 10.1. The fourth-order valence-electron chi connectivity index (χ4n) is 5.22. The molecule has 2 aromatic carbocycles. The van der Waals surface area contributed by atoms with E-state index in [0.717, 1.165) is 63.9 Å². The third-order valence-electron chi connectivity index (χ3n) is 7.12. The third-order valence-corrected chi connectivity index (χ3v) is 7.86.